The number of thioether (sulfide) groups is 1. The maximum Gasteiger partial charge on any atom is 0.295 e. The second-order valence-electron chi connectivity index (χ2n) is 11.3. The zero-order valence-electron chi connectivity index (χ0n) is 28.5. The number of anilines is 1. The summed E-state index contributed by atoms with van der Waals surface area (Å²) in [6, 6.07) is 27.8. The predicted octanol–water partition coefficient (Wildman–Crippen LogP) is 6.95. The van der Waals surface area contributed by atoms with Crippen molar-refractivity contribution in [2.24, 2.45) is 5.10 Å². The third kappa shape index (κ3) is 12.1. The summed E-state index contributed by atoms with van der Waals surface area (Å²) in [5.41, 5.74) is 5.44. The van der Waals surface area contributed by atoms with E-state index in [1.54, 1.807) is 30.3 Å². The van der Waals surface area contributed by atoms with E-state index in [1.807, 2.05) is 42.5 Å². The molecule has 3 aromatic carbocycles. The minimum absolute atomic E-state index is 0.152. The van der Waals surface area contributed by atoms with E-state index >= 15 is 0 Å². The highest BCUT2D eigenvalue weighted by Gasteiger charge is 2.14. The highest BCUT2D eigenvalue weighted by Crippen LogP contribution is 2.36. The van der Waals surface area contributed by atoms with Gasteiger partial charge in [0.25, 0.3) is 16.0 Å². The predicted molar refractivity (Wildman–Crippen MR) is 212 cm³/mol. The fourth-order valence-corrected chi connectivity index (χ4v) is 7.04. The van der Waals surface area contributed by atoms with E-state index in [1.165, 1.54) is 60.6 Å². The second kappa shape index (κ2) is 19.7. The molecule has 16 heteroatoms. The maximum atomic E-state index is 12.7. The van der Waals surface area contributed by atoms with Crippen LogP contribution in [0.2, 0.25) is 10.0 Å². The molecule has 0 saturated heterocycles. The molecule has 0 spiro atoms. The minimum atomic E-state index is -4.42. The fourth-order valence-electron chi connectivity index (χ4n) is 4.78. The Morgan fingerprint density at radius 1 is 0.889 bits per heavy atom. The molecule has 5 aromatic rings. The van der Waals surface area contributed by atoms with Crippen molar-refractivity contribution in [3.8, 4) is 5.75 Å². The van der Waals surface area contributed by atoms with E-state index in [0.717, 1.165) is 16.2 Å². The summed E-state index contributed by atoms with van der Waals surface area (Å²) in [5.74, 6) is 0.507. The molecule has 278 valence electrons. The number of ether oxygens (including phenoxy) is 1. The number of benzene rings is 3. The van der Waals surface area contributed by atoms with Gasteiger partial charge < -0.3 is 15.4 Å². The van der Waals surface area contributed by atoms with Crippen molar-refractivity contribution in [3.63, 3.8) is 0 Å². The molecule has 5 rings (SSSR count). The van der Waals surface area contributed by atoms with E-state index in [-0.39, 0.29) is 35.0 Å². The van der Waals surface area contributed by atoms with Crippen LogP contribution in [0.4, 0.5) is 5.82 Å². The topological polar surface area (TPSA) is 172 Å². The molecule has 0 aliphatic rings. The van der Waals surface area contributed by atoms with Crippen molar-refractivity contribution in [1.82, 2.24) is 20.6 Å². The Morgan fingerprint density at radius 2 is 1.63 bits per heavy atom. The third-order valence-corrected chi connectivity index (χ3v) is 10.4. The molecule has 0 saturated carbocycles. The van der Waals surface area contributed by atoms with Crippen LogP contribution in [0.1, 0.15) is 32.9 Å². The Labute approximate surface area is 326 Å². The van der Waals surface area contributed by atoms with Crippen LogP contribution in [-0.4, -0.2) is 60.7 Å². The highest BCUT2D eigenvalue weighted by atomic mass is 35.5. The van der Waals surface area contributed by atoms with Crippen LogP contribution in [0.25, 0.3) is 6.08 Å². The first-order valence-corrected chi connectivity index (χ1v) is 19.5. The van der Waals surface area contributed by atoms with Crippen LogP contribution in [-0.2, 0) is 27.1 Å². The average Bonchev–Trinajstić information content (AvgIpc) is 3.16. The molecule has 54 heavy (non-hydrogen) atoms. The van der Waals surface area contributed by atoms with Crippen molar-refractivity contribution in [2.75, 3.05) is 25.1 Å². The van der Waals surface area contributed by atoms with Gasteiger partial charge in [-0.25, -0.2) is 9.97 Å². The number of rotatable bonds is 17. The molecule has 4 N–H and O–H groups in total. The first kappa shape index (κ1) is 39.9. The number of carbonyl (C=O) groups is 2. The standard InChI is InChI=1S/C38H34Cl2N6O6S2/c39-30-10-6-11-31(40)37(30)53-25-29-14-16-33(52-22-19-26-7-2-1-3-8-26)32(45-29)15-18-36(47)41-20-21-42-38(48)28-13-17-35(43-23-28)46-44-24-27-9-4-5-12-34(27)54(49,50)51/h1-18,23-24H,19-22,25H2,(H,41,47)(H,42,48)(H,43,46)(H,49,50,51)/b18-15+,44-24+. The van der Waals surface area contributed by atoms with Crippen LogP contribution in [0.15, 0.2) is 124 Å². The number of pyridine rings is 2. The van der Waals surface area contributed by atoms with Crippen molar-refractivity contribution in [2.45, 2.75) is 22.0 Å². The first-order chi connectivity index (χ1) is 26.1. The van der Waals surface area contributed by atoms with Gasteiger partial charge in [-0.15, -0.1) is 11.8 Å². The molecular formula is C38H34Cl2N6O6S2. The van der Waals surface area contributed by atoms with Gasteiger partial charge >= 0.3 is 0 Å². The number of amides is 2. The molecule has 0 unspecified atom stereocenters. The number of nitrogens with one attached hydrogen (secondary N) is 3. The summed E-state index contributed by atoms with van der Waals surface area (Å²) >= 11 is 14.1. The SMILES string of the molecule is O=C(/C=C/c1nc(CSc2c(Cl)cccc2Cl)ccc1OCCc1ccccc1)NCCNC(=O)c1ccc(N/N=C/c2ccccc2S(=O)(=O)O)nc1. The van der Waals surface area contributed by atoms with Crippen LogP contribution in [0, 0.1) is 0 Å². The molecule has 12 nitrogen and oxygen atoms in total. The molecule has 0 fully saturated rings. The van der Waals surface area contributed by atoms with Crippen LogP contribution >= 0.6 is 35.0 Å². The van der Waals surface area contributed by atoms with Gasteiger partial charge in [-0.1, -0.05) is 77.8 Å². The summed E-state index contributed by atoms with van der Waals surface area (Å²) in [6.07, 6.45) is 6.20. The smallest absolute Gasteiger partial charge is 0.295 e. The number of nitrogens with zero attached hydrogens (tertiary/aromatic N) is 3. The molecular weight excluding hydrogens is 771 g/mol. The lowest BCUT2D eigenvalue weighted by molar-refractivity contribution is -0.116. The van der Waals surface area contributed by atoms with Gasteiger partial charge in [0.1, 0.15) is 22.2 Å². The van der Waals surface area contributed by atoms with E-state index < -0.39 is 16.0 Å². The molecule has 0 aliphatic carbocycles. The van der Waals surface area contributed by atoms with E-state index in [4.69, 9.17) is 32.9 Å². The maximum absolute atomic E-state index is 12.7. The number of hydrazone groups is 1. The van der Waals surface area contributed by atoms with Crippen molar-refractivity contribution in [3.05, 3.63) is 147 Å². The summed E-state index contributed by atoms with van der Waals surface area (Å²) in [4.78, 5) is 34.7. The molecule has 2 amide bonds. The second-order valence-corrected chi connectivity index (χ2v) is 14.5. The van der Waals surface area contributed by atoms with Gasteiger partial charge in [-0.05, 0) is 54.1 Å². The zero-order valence-corrected chi connectivity index (χ0v) is 31.6. The monoisotopic (exact) mass is 804 g/mol. The Morgan fingerprint density at radius 3 is 2.37 bits per heavy atom. The Kier molecular flexibility index (Phi) is 14.6. The number of carbonyl (C=O) groups excluding carboxylic acids is 2. The van der Waals surface area contributed by atoms with Crippen molar-refractivity contribution >= 4 is 75.0 Å². The molecule has 0 aliphatic heterocycles. The third-order valence-electron chi connectivity index (χ3n) is 7.43. The van der Waals surface area contributed by atoms with Gasteiger partial charge in [0, 0.05) is 48.0 Å². The van der Waals surface area contributed by atoms with Crippen LogP contribution in [0.3, 0.4) is 0 Å². The van der Waals surface area contributed by atoms with Gasteiger partial charge in [-0.3, -0.25) is 19.6 Å². The molecule has 2 heterocycles. The number of hydrogen-bond acceptors (Lipinski definition) is 10. The first-order valence-electron chi connectivity index (χ1n) is 16.4. The molecule has 0 bridgehead atoms. The Hall–Kier alpha value is -5.25. The molecule has 0 atom stereocenters. The summed E-state index contributed by atoms with van der Waals surface area (Å²) in [7, 11) is -4.42. The minimum Gasteiger partial charge on any atom is -0.491 e. The van der Waals surface area contributed by atoms with Gasteiger partial charge in [0.05, 0.1) is 34.1 Å². The summed E-state index contributed by atoms with van der Waals surface area (Å²) in [5, 5.41) is 10.5. The largest absolute Gasteiger partial charge is 0.491 e. The van der Waals surface area contributed by atoms with Crippen LogP contribution in [0.5, 0.6) is 5.75 Å². The van der Waals surface area contributed by atoms with Crippen molar-refractivity contribution < 1.29 is 27.3 Å². The number of aromatic nitrogens is 2. The normalized spacial score (nSPS) is 11.5. The van der Waals surface area contributed by atoms with Crippen LogP contribution < -0.4 is 20.8 Å². The Bertz CT molecular complexity index is 2220. The highest BCUT2D eigenvalue weighted by molar-refractivity contribution is 7.98. The molecule has 2 aromatic heterocycles. The van der Waals surface area contributed by atoms with Gasteiger partial charge in [0.2, 0.25) is 5.91 Å². The Balaban J connectivity index is 1.12. The van der Waals surface area contributed by atoms with E-state index in [2.05, 4.69) is 26.1 Å². The average molecular weight is 806 g/mol. The lowest BCUT2D eigenvalue weighted by Gasteiger charge is -2.11. The number of halogens is 2. The van der Waals surface area contributed by atoms with E-state index in [0.29, 0.717) is 46.1 Å². The lowest BCUT2D eigenvalue weighted by atomic mass is 10.2. The zero-order chi connectivity index (χ0) is 38.3. The number of hydrogen-bond donors (Lipinski definition) is 4. The van der Waals surface area contributed by atoms with Gasteiger partial charge in [0.15, 0.2) is 0 Å². The molecule has 0 radical (unpaired) electrons. The quantitative estimate of drug-likeness (QED) is 0.0193. The summed E-state index contributed by atoms with van der Waals surface area (Å²) < 4.78 is 38.5. The summed E-state index contributed by atoms with van der Waals surface area (Å²) in [6.45, 7) is 0.726. The lowest BCUT2D eigenvalue weighted by Crippen LogP contribution is -2.34. The van der Waals surface area contributed by atoms with Crippen molar-refractivity contribution in [1.29, 1.82) is 0 Å². The fraction of sp³-hybridized carbons (Fsp3) is 0.132. The van der Waals surface area contributed by atoms with Gasteiger partial charge in [-0.2, -0.15) is 13.5 Å². The van der Waals surface area contributed by atoms with E-state index in [9.17, 15) is 22.6 Å².